The molecule has 0 fully saturated rings. The standard InChI is InChI=1S/C22H19F/c1-14(2)19-7-5-6-16-8-9-17(13-21(16)19)18-10-11-22(23)20(12-18)15(3)4/h5-13H,1,3H2,2,4H3. The third-order valence-electron chi connectivity index (χ3n) is 4.10. The molecule has 0 bridgehead atoms. The minimum Gasteiger partial charge on any atom is -0.206 e. The fourth-order valence-corrected chi connectivity index (χ4v) is 2.86. The summed E-state index contributed by atoms with van der Waals surface area (Å²) in [5, 5.41) is 2.34. The zero-order valence-corrected chi connectivity index (χ0v) is 13.5. The second-order valence-electron chi connectivity index (χ2n) is 6.00. The van der Waals surface area contributed by atoms with Crippen LogP contribution in [0, 0.1) is 5.82 Å². The van der Waals surface area contributed by atoms with Crippen LogP contribution in [0.2, 0.25) is 0 Å². The van der Waals surface area contributed by atoms with E-state index in [1.807, 2.05) is 32.0 Å². The summed E-state index contributed by atoms with van der Waals surface area (Å²) >= 11 is 0. The number of halogens is 1. The third kappa shape index (κ3) is 2.83. The maximum Gasteiger partial charge on any atom is 0.130 e. The van der Waals surface area contributed by atoms with Crippen LogP contribution in [0.1, 0.15) is 25.0 Å². The zero-order chi connectivity index (χ0) is 16.6. The fourth-order valence-electron chi connectivity index (χ4n) is 2.86. The minimum absolute atomic E-state index is 0.232. The van der Waals surface area contributed by atoms with Crippen molar-refractivity contribution in [3.8, 4) is 11.1 Å². The quantitative estimate of drug-likeness (QED) is 0.504. The molecule has 1 heteroatoms. The first kappa shape index (κ1) is 15.2. The summed E-state index contributed by atoms with van der Waals surface area (Å²) in [6.07, 6.45) is 0. The fraction of sp³-hybridized carbons (Fsp3) is 0.0909. The van der Waals surface area contributed by atoms with E-state index in [4.69, 9.17) is 0 Å². The Morgan fingerprint density at radius 3 is 2.13 bits per heavy atom. The monoisotopic (exact) mass is 302 g/mol. The van der Waals surface area contributed by atoms with Gasteiger partial charge in [0.05, 0.1) is 0 Å². The van der Waals surface area contributed by atoms with Gasteiger partial charge in [-0.25, -0.2) is 4.39 Å². The van der Waals surface area contributed by atoms with Crippen LogP contribution in [0.5, 0.6) is 0 Å². The van der Waals surface area contributed by atoms with Gasteiger partial charge < -0.3 is 0 Å². The van der Waals surface area contributed by atoms with Gasteiger partial charge in [0.25, 0.3) is 0 Å². The average Bonchev–Trinajstić information content (AvgIpc) is 2.53. The van der Waals surface area contributed by atoms with Crippen molar-refractivity contribution >= 4 is 21.9 Å². The van der Waals surface area contributed by atoms with E-state index in [0.717, 1.165) is 27.8 Å². The van der Waals surface area contributed by atoms with Gasteiger partial charge in [0.2, 0.25) is 0 Å². The number of rotatable bonds is 3. The largest absolute Gasteiger partial charge is 0.206 e. The molecule has 0 N–H and O–H groups in total. The van der Waals surface area contributed by atoms with Gasteiger partial charge in [0, 0.05) is 5.56 Å². The molecule has 0 saturated heterocycles. The SMILES string of the molecule is C=C(C)c1cc(-c2ccc3cccc(C(=C)C)c3c2)ccc1F. The molecule has 3 aromatic carbocycles. The van der Waals surface area contributed by atoms with Crippen LogP contribution >= 0.6 is 0 Å². The Morgan fingerprint density at radius 2 is 1.43 bits per heavy atom. The topological polar surface area (TPSA) is 0 Å². The first-order chi connectivity index (χ1) is 11.0. The van der Waals surface area contributed by atoms with E-state index >= 15 is 0 Å². The molecule has 0 amide bonds. The first-order valence-electron chi connectivity index (χ1n) is 7.62. The second kappa shape index (κ2) is 5.85. The highest BCUT2D eigenvalue weighted by Crippen LogP contribution is 2.31. The summed E-state index contributed by atoms with van der Waals surface area (Å²) in [7, 11) is 0. The van der Waals surface area contributed by atoms with Crippen LogP contribution in [0.3, 0.4) is 0 Å². The van der Waals surface area contributed by atoms with Gasteiger partial charge in [-0.2, -0.15) is 0 Å². The molecule has 0 aromatic heterocycles. The molecule has 0 heterocycles. The predicted molar refractivity (Wildman–Crippen MR) is 98.8 cm³/mol. The van der Waals surface area contributed by atoms with E-state index in [1.54, 1.807) is 0 Å². The highest BCUT2D eigenvalue weighted by atomic mass is 19.1. The molecule has 0 unspecified atom stereocenters. The molecular weight excluding hydrogens is 283 g/mol. The molecule has 0 aliphatic heterocycles. The lowest BCUT2D eigenvalue weighted by molar-refractivity contribution is 0.624. The lowest BCUT2D eigenvalue weighted by Crippen LogP contribution is -1.89. The second-order valence-corrected chi connectivity index (χ2v) is 6.00. The van der Waals surface area contributed by atoms with Crippen molar-refractivity contribution in [2.45, 2.75) is 13.8 Å². The Labute approximate surface area is 136 Å². The van der Waals surface area contributed by atoms with Crippen molar-refractivity contribution < 1.29 is 4.39 Å². The van der Waals surface area contributed by atoms with Crippen LogP contribution < -0.4 is 0 Å². The van der Waals surface area contributed by atoms with Gasteiger partial charge in [0.15, 0.2) is 0 Å². The molecule has 3 rings (SSSR count). The van der Waals surface area contributed by atoms with Gasteiger partial charge in [-0.1, -0.05) is 55.1 Å². The van der Waals surface area contributed by atoms with Crippen molar-refractivity contribution in [1.82, 2.24) is 0 Å². The maximum atomic E-state index is 13.9. The Morgan fingerprint density at radius 1 is 0.783 bits per heavy atom. The summed E-state index contributed by atoms with van der Waals surface area (Å²) in [6.45, 7) is 11.8. The van der Waals surface area contributed by atoms with E-state index < -0.39 is 0 Å². The van der Waals surface area contributed by atoms with E-state index in [-0.39, 0.29) is 5.82 Å². The Bertz CT molecular complexity index is 932. The molecule has 3 aromatic rings. The first-order valence-corrected chi connectivity index (χ1v) is 7.62. The molecule has 0 aliphatic rings. The van der Waals surface area contributed by atoms with E-state index in [9.17, 15) is 4.39 Å². The van der Waals surface area contributed by atoms with Crippen molar-refractivity contribution in [3.05, 3.63) is 84.7 Å². The zero-order valence-electron chi connectivity index (χ0n) is 13.5. The predicted octanol–water partition coefficient (Wildman–Crippen LogP) is 6.71. The normalized spacial score (nSPS) is 10.7. The van der Waals surface area contributed by atoms with Crippen molar-refractivity contribution in [1.29, 1.82) is 0 Å². The molecule has 0 radical (unpaired) electrons. The lowest BCUT2D eigenvalue weighted by atomic mass is 9.94. The summed E-state index contributed by atoms with van der Waals surface area (Å²) in [5.41, 5.74) is 5.53. The summed E-state index contributed by atoms with van der Waals surface area (Å²) in [4.78, 5) is 0. The van der Waals surface area contributed by atoms with Gasteiger partial charge in [-0.3, -0.25) is 0 Å². The van der Waals surface area contributed by atoms with Crippen molar-refractivity contribution in [2.24, 2.45) is 0 Å². The number of hydrogen-bond acceptors (Lipinski definition) is 0. The smallest absolute Gasteiger partial charge is 0.130 e. The van der Waals surface area contributed by atoms with Crippen molar-refractivity contribution in [2.75, 3.05) is 0 Å². The third-order valence-corrected chi connectivity index (χ3v) is 4.10. The maximum absolute atomic E-state index is 13.9. The van der Waals surface area contributed by atoms with Crippen molar-refractivity contribution in [3.63, 3.8) is 0 Å². The minimum atomic E-state index is -0.232. The van der Waals surface area contributed by atoms with E-state index in [2.05, 4.69) is 43.5 Å². The summed E-state index contributed by atoms with van der Waals surface area (Å²) in [5.74, 6) is -0.232. The lowest BCUT2D eigenvalue weighted by Gasteiger charge is -2.10. The Balaban J connectivity index is 2.21. The van der Waals surface area contributed by atoms with Crippen LogP contribution in [0.15, 0.2) is 67.8 Å². The molecule has 0 aliphatic carbocycles. The summed E-state index contributed by atoms with van der Waals surface area (Å²) < 4.78 is 13.9. The molecule has 23 heavy (non-hydrogen) atoms. The number of fused-ring (bicyclic) bond motifs is 1. The number of allylic oxidation sites excluding steroid dienone is 2. The number of benzene rings is 3. The molecule has 0 atom stereocenters. The van der Waals surface area contributed by atoms with E-state index in [1.165, 1.54) is 16.8 Å². The van der Waals surface area contributed by atoms with Gasteiger partial charge >= 0.3 is 0 Å². The van der Waals surface area contributed by atoms with Gasteiger partial charge in [-0.05, 0) is 65.1 Å². The molecule has 0 saturated carbocycles. The van der Waals surface area contributed by atoms with Gasteiger partial charge in [0.1, 0.15) is 5.82 Å². The number of hydrogen-bond donors (Lipinski definition) is 0. The molecule has 114 valence electrons. The van der Waals surface area contributed by atoms with Crippen LogP contribution in [-0.4, -0.2) is 0 Å². The molecule has 0 spiro atoms. The Kier molecular flexibility index (Phi) is 3.87. The molecule has 0 nitrogen and oxygen atoms in total. The van der Waals surface area contributed by atoms with Gasteiger partial charge in [-0.15, -0.1) is 0 Å². The highest BCUT2D eigenvalue weighted by Gasteiger charge is 2.08. The Hall–Kier alpha value is -2.67. The molecular formula is C22H19F. The average molecular weight is 302 g/mol. The van der Waals surface area contributed by atoms with E-state index in [0.29, 0.717) is 5.56 Å². The highest BCUT2D eigenvalue weighted by molar-refractivity contribution is 5.96. The van der Waals surface area contributed by atoms with Crippen LogP contribution in [-0.2, 0) is 0 Å². The van der Waals surface area contributed by atoms with Crippen LogP contribution in [0.4, 0.5) is 4.39 Å². The summed E-state index contributed by atoms with van der Waals surface area (Å²) in [6, 6.07) is 17.7. The van der Waals surface area contributed by atoms with Crippen LogP contribution in [0.25, 0.3) is 33.0 Å².